The van der Waals surface area contributed by atoms with Crippen LogP contribution < -0.4 is 15.4 Å². The van der Waals surface area contributed by atoms with Crippen LogP contribution in [0.4, 0.5) is 0 Å². The molecule has 0 aromatic heterocycles. The van der Waals surface area contributed by atoms with Crippen molar-refractivity contribution in [2.45, 2.75) is 32.8 Å². The van der Waals surface area contributed by atoms with Crippen LogP contribution in [-0.4, -0.2) is 39.8 Å². The molecule has 0 aliphatic carbocycles. The third-order valence-electron chi connectivity index (χ3n) is 3.23. The van der Waals surface area contributed by atoms with Crippen LogP contribution in [0.5, 0.6) is 5.75 Å². The number of benzene rings is 1. The molecule has 0 aliphatic heterocycles. The van der Waals surface area contributed by atoms with Gasteiger partial charge in [0.15, 0.2) is 5.96 Å². The number of rotatable bonds is 10. The molecule has 0 bridgehead atoms. The number of ether oxygens (including phenoxy) is 2. The van der Waals surface area contributed by atoms with E-state index in [-0.39, 0.29) is 0 Å². The third-order valence-corrected chi connectivity index (χ3v) is 3.23. The zero-order chi connectivity index (χ0) is 16.0. The molecule has 0 saturated carbocycles. The molecule has 0 amide bonds. The molecule has 5 heteroatoms. The zero-order valence-electron chi connectivity index (χ0n) is 14.0. The van der Waals surface area contributed by atoms with Crippen molar-refractivity contribution >= 4 is 5.96 Å². The van der Waals surface area contributed by atoms with E-state index in [1.807, 2.05) is 24.3 Å². The minimum absolute atomic E-state index is 0.632. The Morgan fingerprint density at radius 3 is 2.36 bits per heavy atom. The van der Waals surface area contributed by atoms with Gasteiger partial charge in [-0.1, -0.05) is 25.5 Å². The Morgan fingerprint density at radius 2 is 1.77 bits per heavy atom. The van der Waals surface area contributed by atoms with Crippen molar-refractivity contribution in [3.8, 4) is 5.75 Å². The summed E-state index contributed by atoms with van der Waals surface area (Å²) in [6.07, 6.45) is 3.29. The molecule has 0 heterocycles. The van der Waals surface area contributed by atoms with Crippen molar-refractivity contribution in [2.75, 3.05) is 33.9 Å². The third kappa shape index (κ3) is 7.88. The zero-order valence-corrected chi connectivity index (χ0v) is 14.0. The summed E-state index contributed by atoms with van der Waals surface area (Å²) in [7, 11) is 3.46. The SMILES string of the molecule is CCCCNC(=NC)NCCCOCc1ccc(OC)cc1. The maximum absolute atomic E-state index is 5.67. The van der Waals surface area contributed by atoms with E-state index in [1.165, 1.54) is 6.42 Å². The van der Waals surface area contributed by atoms with Crippen molar-refractivity contribution in [3.63, 3.8) is 0 Å². The highest BCUT2D eigenvalue weighted by Crippen LogP contribution is 2.11. The van der Waals surface area contributed by atoms with E-state index < -0.39 is 0 Å². The minimum atomic E-state index is 0.632. The van der Waals surface area contributed by atoms with Gasteiger partial charge in [0.1, 0.15) is 5.75 Å². The van der Waals surface area contributed by atoms with Gasteiger partial charge >= 0.3 is 0 Å². The molecule has 0 saturated heterocycles. The number of hydrogen-bond donors (Lipinski definition) is 2. The van der Waals surface area contributed by atoms with Crippen LogP contribution in [0, 0.1) is 0 Å². The number of unbranched alkanes of at least 4 members (excludes halogenated alkanes) is 1. The maximum Gasteiger partial charge on any atom is 0.190 e. The molecule has 5 nitrogen and oxygen atoms in total. The van der Waals surface area contributed by atoms with Gasteiger partial charge in [0, 0.05) is 26.7 Å². The first kappa shape index (κ1) is 18.3. The van der Waals surface area contributed by atoms with Gasteiger partial charge in [-0.2, -0.15) is 0 Å². The van der Waals surface area contributed by atoms with E-state index in [9.17, 15) is 0 Å². The number of guanidine groups is 1. The van der Waals surface area contributed by atoms with Gasteiger partial charge < -0.3 is 20.1 Å². The molecule has 22 heavy (non-hydrogen) atoms. The highest BCUT2D eigenvalue weighted by molar-refractivity contribution is 5.79. The quantitative estimate of drug-likeness (QED) is 0.396. The molecule has 1 rings (SSSR count). The van der Waals surface area contributed by atoms with Gasteiger partial charge in [-0.15, -0.1) is 0 Å². The summed E-state index contributed by atoms with van der Waals surface area (Å²) in [5.74, 6) is 1.73. The molecule has 0 spiro atoms. The Bertz CT molecular complexity index is 418. The van der Waals surface area contributed by atoms with Crippen molar-refractivity contribution in [2.24, 2.45) is 4.99 Å². The van der Waals surface area contributed by atoms with Crippen LogP contribution in [0.15, 0.2) is 29.3 Å². The summed E-state index contributed by atoms with van der Waals surface area (Å²) < 4.78 is 10.8. The standard InChI is InChI=1S/C17H29N3O2/c1-4-5-11-19-17(18-2)20-12-6-13-22-14-15-7-9-16(21-3)10-8-15/h7-10H,4-6,11-14H2,1-3H3,(H2,18,19,20). The van der Waals surface area contributed by atoms with Crippen LogP contribution in [0.3, 0.4) is 0 Å². The van der Waals surface area contributed by atoms with E-state index >= 15 is 0 Å². The van der Waals surface area contributed by atoms with Gasteiger partial charge in [-0.3, -0.25) is 4.99 Å². The highest BCUT2D eigenvalue weighted by Gasteiger charge is 1.97. The predicted octanol–water partition coefficient (Wildman–Crippen LogP) is 2.57. The lowest BCUT2D eigenvalue weighted by Gasteiger charge is -2.11. The molecule has 124 valence electrons. The lowest BCUT2D eigenvalue weighted by atomic mass is 10.2. The highest BCUT2D eigenvalue weighted by atomic mass is 16.5. The Balaban J connectivity index is 2.06. The van der Waals surface area contributed by atoms with E-state index in [4.69, 9.17) is 9.47 Å². The molecular weight excluding hydrogens is 278 g/mol. The van der Waals surface area contributed by atoms with Gasteiger partial charge in [0.25, 0.3) is 0 Å². The fourth-order valence-electron chi connectivity index (χ4n) is 1.90. The van der Waals surface area contributed by atoms with Crippen molar-refractivity contribution in [1.29, 1.82) is 0 Å². The summed E-state index contributed by atoms with van der Waals surface area (Å²) in [5.41, 5.74) is 1.16. The molecule has 1 aromatic carbocycles. The second-order valence-corrected chi connectivity index (χ2v) is 5.03. The average molecular weight is 307 g/mol. The summed E-state index contributed by atoms with van der Waals surface area (Å²) >= 11 is 0. The van der Waals surface area contributed by atoms with Gasteiger partial charge in [-0.05, 0) is 30.5 Å². The Morgan fingerprint density at radius 1 is 1.09 bits per heavy atom. The van der Waals surface area contributed by atoms with E-state index in [2.05, 4.69) is 22.5 Å². The summed E-state index contributed by atoms with van der Waals surface area (Å²) in [6.45, 7) is 5.36. The van der Waals surface area contributed by atoms with E-state index in [0.717, 1.165) is 49.8 Å². The molecule has 0 atom stereocenters. The summed E-state index contributed by atoms with van der Waals surface area (Å²) in [5, 5.41) is 6.57. The number of nitrogens with one attached hydrogen (secondary N) is 2. The average Bonchev–Trinajstić information content (AvgIpc) is 2.57. The predicted molar refractivity (Wildman–Crippen MR) is 91.5 cm³/mol. The second kappa shape index (κ2) is 11.9. The first-order valence-corrected chi connectivity index (χ1v) is 7.95. The molecule has 0 aliphatic rings. The molecule has 0 unspecified atom stereocenters. The van der Waals surface area contributed by atoms with E-state index in [1.54, 1.807) is 14.2 Å². The number of nitrogens with zero attached hydrogens (tertiary/aromatic N) is 1. The fraction of sp³-hybridized carbons (Fsp3) is 0.588. The van der Waals surface area contributed by atoms with Crippen LogP contribution in [0.25, 0.3) is 0 Å². The summed E-state index contributed by atoms with van der Waals surface area (Å²) in [6, 6.07) is 7.95. The molecular formula is C17H29N3O2. The van der Waals surface area contributed by atoms with Gasteiger partial charge in [0.2, 0.25) is 0 Å². The Hall–Kier alpha value is -1.75. The topological polar surface area (TPSA) is 54.9 Å². The largest absolute Gasteiger partial charge is 0.497 e. The van der Waals surface area contributed by atoms with Crippen LogP contribution >= 0.6 is 0 Å². The second-order valence-electron chi connectivity index (χ2n) is 5.03. The number of hydrogen-bond acceptors (Lipinski definition) is 3. The Labute approximate surface area is 134 Å². The maximum atomic E-state index is 5.67. The molecule has 1 aromatic rings. The lowest BCUT2D eigenvalue weighted by Crippen LogP contribution is -2.38. The molecule has 0 fully saturated rings. The number of methoxy groups -OCH3 is 1. The van der Waals surface area contributed by atoms with Gasteiger partial charge in [0.05, 0.1) is 13.7 Å². The monoisotopic (exact) mass is 307 g/mol. The smallest absolute Gasteiger partial charge is 0.190 e. The minimum Gasteiger partial charge on any atom is -0.497 e. The van der Waals surface area contributed by atoms with Crippen molar-refractivity contribution in [1.82, 2.24) is 10.6 Å². The van der Waals surface area contributed by atoms with Crippen molar-refractivity contribution < 1.29 is 9.47 Å². The first-order valence-electron chi connectivity index (χ1n) is 7.95. The Kier molecular flexibility index (Phi) is 9.87. The van der Waals surface area contributed by atoms with Crippen molar-refractivity contribution in [3.05, 3.63) is 29.8 Å². The molecule has 0 radical (unpaired) electrons. The lowest BCUT2D eigenvalue weighted by molar-refractivity contribution is 0.119. The molecule has 2 N–H and O–H groups in total. The first-order chi connectivity index (χ1) is 10.8. The summed E-state index contributed by atoms with van der Waals surface area (Å²) in [4.78, 5) is 4.18. The van der Waals surface area contributed by atoms with Crippen LogP contribution in [0.2, 0.25) is 0 Å². The van der Waals surface area contributed by atoms with Crippen LogP contribution in [0.1, 0.15) is 31.7 Å². The van der Waals surface area contributed by atoms with Crippen LogP contribution in [-0.2, 0) is 11.3 Å². The number of aliphatic imine (C=N–C) groups is 1. The van der Waals surface area contributed by atoms with E-state index in [0.29, 0.717) is 6.61 Å². The normalized spacial score (nSPS) is 11.3. The van der Waals surface area contributed by atoms with Gasteiger partial charge in [-0.25, -0.2) is 0 Å². The fourth-order valence-corrected chi connectivity index (χ4v) is 1.90.